The zero-order chi connectivity index (χ0) is 12.3. The van der Waals surface area contributed by atoms with E-state index in [9.17, 15) is 5.11 Å². The highest BCUT2D eigenvalue weighted by Gasteiger charge is 2.12. The number of hydrogen-bond donors (Lipinski definition) is 2. The lowest BCUT2D eigenvalue weighted by Gasteiger charge is -2.11. The molecule has 6 heteroatoms. The van der Waals surface area contributed by atoms with Gasteiger partial charge < -0.3 is 10.2 Å². The van der Waals surface area contributed by atoms with Crippen LogP contribution in [0, 0.1) is 0 Å². The maximum absolute atomic E-state index is 10.0. The van der Waals surface area contributed by atoms with Crippen molar-refractivity contribution in [3.63, 3.8) is 0 Å². The largest absolute Gasteiger partial charge is 0.390 e. The molecule has 1 aromatic carbocycles. The number of aliphatic hydroxyl groups excluding tert-OH is 2. The first-order valence-corrected chi connectivity index (χ1v) is 5.51. The van der Waals surface area contributed by atoms with Crippen LogP contribution in [0.15, 0.2) is 30.5 Å². The molecule has 90 valence electrons. The molecule has 0 radical (unpaired) electrons. The molecule has 1 heterocycles. The van der Waals surface area contributed by atoms with Crippen molar-refractivity contribution in [3.8, 4) is 0 Å². The normalized spacial score (nSPS) is 12.6. The first kappa shape index (κ1) is 12.0. The lowest BCUT2D eigenvalue weighted by atomic mass is 10.1. The highest BCUT2D eigenvalue weighted by atomic mass is 35.5. The number of nitrogens with zero attached hydrogens (tertiary/aromatic N) is 3. The molecule has 1 aromatic heterocycles. The quantitative estimate of drug-likeness (QED) is 0.858. The maximum Gasteiger partial charge on any atom is 0.108 e. The van der Waals surface area contributed by atoms with Gasteiger partial charge in [0.2, 0.25) is 0 Å². The molecule has 5 nitrogen and oxygen atoms in total. The van der Waals surface area contributed by atoms with Gasteiger partial charge in [0.25, 0.3) is 0 Å². The number of hydrogen-bond acceptors (Lipinski definition) is 4. The lowest BCUT2D eigenvalue weighted by molar-refractivity contribution is 0.150. The van der Waals surface area contributed by atoms with Crippen LogP contribution in [0.2, 0.25) is 5.02 Å². The minimum absolute atomic E-state index is 0.164. The van der Waals surface area contributed by atoms with Crippen LogP contribution in [-0.2, 0) is 13.2 Å². The Morgan fingerprint density at radius 1 is 1.35 bits per heavy atom. The summed E-state index contributed by atoms with van der Waals surface area (Å²) in [4.78, 5) is 0. The zero-order valence-electron chi connectivity index (χ0n) is 8.99. The Bertz CT molecular complexity index is 501. The molecule has 2 N–H and O–H groups in total. The Labute approximate surface area is 103 Å². The SMILES string of the molecule is OCc1cn(C[C@H](O)c2ccccc2Cl)nn1. The third-order valence-electron chi connectivity index (χ3n) is 2.37. The van der Waals surface area contributed by atoms with Crippen molar-refractivity contribution >= 4 is 11.6 Å². The third-order valence-corrected chi connectivity index (χ3v) is 2.72. The van der Waals surface area contributed by atoms with Gasteiger partial charge in [-0.25, -0.2) is 4.68 Å². The molecule has 0 aliphatic rings. The number of aromatic nitrogens is 3. The second kappa shape index (κ2) is 5.27. The van der Waals surface area contributed by atoms with Gasteiger partial charge in [-0.1, -0.05) is 35.0 Å². The summed E-state index contributed by atoms with van der Waals surface area (Å²) in [5, 5.41) is 26.9. The predicted molar refractivity (Wildman–Crippen MR) is 62.4 cm³/mol. The monoisotopic (exact) mass is 253 g/mol. The molecule has 0 fully saturated rings. The van der Waals surface area contributed by atoms with Gasteiger partial charge in [0, 0.05) is 10.6 Å². The maximum atomic E-state index is 10.0. The Balaban J connectivity index is 2.11. The van der Waals surface area contributed by atoms with E-state index in [-0.39, 0.29) is 13.2 Å². The van der Waals surface area contributed by atoms with Crippen molar-refractivity contribution < 1.29 is 10.2 Å². The van der Waals surface area contributed by atoms with Gasteiger partial charge in [0.1, 0.15) is 11.8 Å². The molecule has 0 aliphatic carbocycles. The minimum Gasteiger partial charge on any atom is -0.390 e. The Morgan fingerprint density at radius 3 is 2.76 bits per heavy atom. The van der Waals surface area contributed by atoms with E-state index in [2.05, 4.69) is 10.3 Å². The Morgan fingerprint density at radius 2 is 2.12 bits per heavy atom. The molecule has 0 bridgehead atoms. The molecule has 0 spiro atoms. The molecule has 0 saturated carbocycles. The summed E-state index contributed by atoms with van der Waals surface area (Å²) in [5.41, 5.74) is 1.12. The summed E-state index contributed by atoms with van der Waals surface area (Å²) in [6.07, 6.45) is 0.831. The molecular formula is C11H12ClN3O2. The van der Waals surface area contributed by atoms with E-state index >= 15 is 0 Å². The highest BCUT2D eigenvalue weighted by Crippen LogP contribution is 2.23. The second-order valence-corrected chi connectivity index (χ2v) is 4.03. The molecule has 2 rings (SSSR count). The van der Waals surface area contributed by atoms with E-state index in [1.54, 1.807) is 24.4 Å². The van der Waals surface area contributed by atoms with Gasteiger partial charge in [-0.3, -0.25) is 0 Å². The molecule has 1 atom stereocenters. The van der Waals surface area contributed by atoms with Crippen molar-refractivity contribution in [2.24, 2.45) is 0 Å². The molecule has 17 heavy (non-hydrogen) atoms. The van der Waals surface area contributed by atoms with E-state index < -0.39 is 6.10 Å². The molecule has 2 aromatic rings. The number of aliphatic hydroxyl groups is 2. The van der Waals surface area contributed by atoms with Crippen molar-refractivity contribution in [3.05, 3.63) is 46.7 Å². The summed E-state index contributed by atoms with van der Waals surface area (Å²) in [5.74, 6) is 0. The standard InChI is InChI=1S/C11H12ClN3O2/c12-10-4-2-1-3-9(10)11(17)6-15-5-8(7-16)13-14-15/h1-5,11,16-17H,6-7H2/t11-/m0/s1. The van der Waals surface area contributed by atoms with Crippen LogP contribution in [0.4, 0.5) is 0 Å². The van der Waals surface area contributed by atoms with Gasteiger partial charge in [0.15, 0.2) is 0 Å². The first-order valence-electron chi connectivity index (χ1n) is 5.13. The summed E-state index contributed by atoms with van der Waals surface area (Å²) in [6.45, 7) is 0.0823. The topological polar surface area (TPSA) is 71.2 Å². The van der Waals surface area contributed by atoms with Crippen molar-refractivity contribution in [1.29, 1.82) is 0 Å². The number of rotatable bonds is 4. The van der Waals surface area contributed by atoms with Crippen LogP contribution in [0.5, 0.6) is 0 Å². The summed E-state index contributed by atoms with van der Waals surface area (Å²) >= 11 is 5.97. The van der Waals surface area contributed by atoms with Gasteiger partial charge in [-0.2, -0.15) is 0 Å². The molecule has 0 saturated heterocycles. The van der Waals surface area contributed by atoms with Crippen molar-refractivity contribution in [2.45, 2.75) is 19.3 Å². The van der Waals surface area contributed by atoms with Gasteiger partial charge in [-0.05, 0) is 6.07 Å². The van der Waals surface area contributed by atoms with Crippen LogP contribution in [0.25, 0.3) is 0 Å². The fourth-order valence-electron chi connectivity index (χ4n) is 1.52. The fourth-order valence-corrected chi connectivity index (χ4v) is 1.78. The number of halogens is 1. The van der Waals surface area contributed by atoms with Crippen LogP contribution < -0.4 is 0 Å². The van der Waals surface area contributed by atoms with E-state index in [1.165, 1.54) is 4.68 Å². The Kier molecular flexibility index (Phi) is 3.73. The zero-order valence-corrected chi connectivity index (χ0v) is 9.75. The minimum atomic E-state index is -0.753. The predicted octanol–water partition coefficient (Wildman–Crippen LogP) is 1.16. The second-order valence-electron chi connectivity index (χ2n) is 3.63. The molecular weight excluding hydrogens is 242 g/mol. The summed E-state index contributed by atoms with van der Waals surface area (Å²) < 4.78 is 1.47. The van der Waals surface area contributed by atoms with Crippen LogP contribution in [-0.4, -0.2) is 25.2 Å². The van der Waals surface area contributed by atoms with Gasteiger partial charge in [-0.15, -0.1) is 5.10 Å². The number of benzene rings is 1. The van der Waals surface area contributed by atoms with E-state index in [0.29, 0.717) is 16.3 Å². The average Bonchev–Trinajstić information content (AvgIpc) is 2.77. The van der Waals surface area contributed by atoms with E-state index in [1.807, 2.05) is 6.07 Å². The molecule has 0 aliphatic heterocycles. The van der Waals surface area contributed by atoms with Crippen LogP contribution in [0.3, 0.4) is 0 Å². The fraction of sp³-hybridized carbons (Fsp3) is 0.273. The van der Waals surface area contributed by atoms with Crippen molar-refractivity contribution in [2.75, 3.05) is 0 Å². The van der Waals surface area contributed by atoms with Gasteiger partial charge in [0.05, 0.1) is 19.3 Å². The van der Waals surface area contributed by atoms with Crippen LogP contribution in [0.1, 0.15) is 17.4 Å². The first-order chi connectivity index (χ1) is 8.20. The van der Waals surface area contributed by atoms with E-state index in [4.69, 9.17) is 16.7 Å². The average molecular weight is 254 g/mol. The molecule has 0 amide bonds. The smallest absolute Gasteiger partial charge is 0.108 e. The summed E-state index contributed by atoms with van der Waals surface area (Å²) in [6, 6.07) is 7.10. The van der Waals surface area contributed by atoms with Crippen molar-refractivity contribution in [1.82, 2.24) is 15.0 Å². The van der Waals surface area contributed by atoms with Gasteiger partial charge >= 0.3 is 0 Å². The molecule has 0 unspecified atom stereocenters. The third kappa shape index (κ3) is 2.82. The highest BCUT2D eigenvalue weighted by molar-refractivity contribution is 6.31. The van der Waals surface area contributed by atoms with E-state index in [0.717, 1.165) is 0 Å². The summed E-state index contributed by atoms with van der Waals surface area (Å²) in [7, 11) is 0. The van der Waals surface area contributed by atoms with Crippen LogP contribution >= 0.6 is 11.6 Å². The Hall–Kier alpha value is -1.43. The lowest BCUT2D eigenvalue weighted by Crippen LogP contribution is -2.09.